The second-order valence-electron chi connectivity index (χ2n) is 2.69. The van der Waals surface area contributed by atoms with Crippen LogP contribution in [0, 0.1) is 0 Å². The van der Waals surface area contributed by atoms with E-state index in [9.17, 15) is 0 Å². The molecule has 3 nitrogen and oxygen atoms in total. The van der Waals surface area contributed by atoms with Crippen LogP contribution in [0.25, 0.3) is 0 Å². The van der Waals surface area contributed by atoms with Crippen LogP contribution in [0.2, 0.25) is 0 Å². The summed E-state index contributed by atoms with van der Waals surface area (Å²) in [7, 11) is 0. The highest BCUT2D eigenvalue weighted by Gasteiger charge is 2.38. The Bertz CT molecular complexity index is 276. The standard InChI is InChI=1S/C7H8BrN3/c8-5-3-4(5)6-7(9)11-2-1-10-6/h1-2,4-5H,3H2,(H2,9,11). The summed E-state index contributed by atoms with van der Waals surface area (Å²) in [5.41, 5.74) is 6.57. The zero-order chi connectivity index (χ0) is 7.84. The second-order valence-corrected chi connectivity index (χ2v) is 3.86. The van der Waals surface area contributed by atoms with Crippen molar-refractivity contribution < 1.29 is 0 Å². The van der Waals surface area contributed by atoms with Gasteiger partial charge in [0.05, 0.1) is 5.69 Å². The van der Waals surface area contributed by atoms with Gasteiger partial charge in [-0.25, -0.2) is 4.98 Å². The number of halogens is 1. The molecule has 11 heavy (non-hydrogen) atoms. The molecule has 0 amide bonds. The Morgan fingerprint density at radius 2 is 2.09 bits per heavy atom. The van der Waals surface area contributed by atoms with Crippen LogP contribution < -0.4 is 5.73 Å². The van der Waals surface area contributed by atoms with Crippen LogP contribution in [0.5, 0.6) is 0 Å². The Labute approximate surface area is 73.2 Å². The van der Waals surface area contributed by atoms with Crippen LogP contribution >= 0.6 is 15.9 Å². The van der Waals surface area contributed by atoms with Gasteiger partial charge >= 0.3 is 0 Å². The van der Waals surface area contributed by atoms with Crippen molar-refractivity contribution >= 4 is 21.7 Å². The fraction of sp³-hybridized carbons (Fsp3) is 0.429. The zero-order valence-electron chi connectivity index (χ0n) is 5.87. The lowest BCUT2D eigenvalue weighted by atomic mass is 10.3. The molecule has 1 aliphatic rings. The quantitative estimate of drug-likeness (QED) is 0.717. The van der Waals surface area contributed by atoms with Crippen molar-refractivity contribution in [2.45, 2.75) is 17.2 Å². The molecule has 2 atom stereocenters. The summed E-state index contributed by atoms with van der Waals surface area (Å²) in [6.45, 7) is 0. The molecule has 0 aliphatic heterocycles. The molecule has 1 saturated carbocycles. The lowest BCUT2D eigenvalue weighted by Crippen LogP contribution is -1.98. The number of nitrogen functional groups attached to an aromatic ring is 1. The van der Waals surface area contributed by atoms with E-state index in [0.717, 1.165) is 12.1 Å². The number of nitrogens with zero attached hydrogens (tertiary/aromatic N) is 2. The predicted molar refractivity (Wildman–Crippen MR) is 46.5 cm³/mol. The average Bonchev–Trinajstić information content (AvgIpc) is 2.68. The third kappa shape index (κ3) is 1.22. The molecule has 2 rings (SSSR count). The number of rotatable bonds is 1. The van der Waals surface area contributed by atoms with E-state index in [1.165, 1.54) is 0 Å². The summed E-state index contributed by atoms with van der Waals surface area (Å²) in [6.07, 6.45) is 4.43. The van der Waals surface area contributed by atoms with E-state index in [1.54, 1.807) is 12.4 Å². The molecule has 1 aromatic heterocycles. The highest BCUT2D eigenvalue weighted by molar-refractivity contribution is 9.09. The van der Waals surface area contributed by atoms with Crippen molar-refractivity contribution in [2.24, 2.45) is 0 Å². The molecule has 2 unspecified atom stereocenters. The van der Waals surface area contributed by atoms with E-state index in [0.29, 0.717) is 16.6 Å². The van der Waals surface area contributed by atoms with Crippen molar-refractivity contribution in [2.75, 3.05) is 5.73 Å². The van der Waals surface area contributed by atoms with Gasteiger partial charge < -0.3 is 5.73 Å². The maximum absolute atomic E-state index is 5.63. The number of alkyl halides is 1. The first kappa shape index (κ1) is 7.03. The maximum Gasteiger partial charge on any atom is 0.145 e. The van der Waals surface area contributed by atoms with Crippen LogP contribution in [0.15, 0.2) is 12.4 Å². The Hall–Kier alpha value is -0.640. The third-order valence-corrected chi connectivity index (χ3v) is 2.83. The Morgan fingerprint density at radius 1 is 1.45 bits per heavy atom. The summed E-state index contributed by atoms with van der Waals surface area (Å²) in [6, 6.07) is 0. The van der Waals surface area contributed by atoms with Gasteiger partial charge in [-0.15, -0.1) is 0 Å². The molecule has 0 aromatic carbocycles. The molecule has 58 valence electrons. The van der Waals surface area contributed by atoms with Crippen LogP contribution in [0.1, 0.15) is 18.0 Å². The number of hydrogen-bond acceptors (Lipinski definition) is 3. The molecule has 1 aliphatic carbocycles. The number of anilines is 1. The Kier molecular flexibility index (Phi) is 1.56. The third-order valence-electron chi connectivity index (χ3n) is 1.82. The molecule has 1 heterocycles. The van der Waals surface area contributed by atoms with Crippen molar-refractivity contribution in [1.29, 1.82) is 0 Å². The van der Waals surface area contributed by atoms with Crippen LogP contribution in [-0.2, 0) is 0 Å². The van der Waals surface area contributed by atoms with Gasteiger partial charge in [0.2, 0.25) is 0 Å². The molecule has 1 aromatic rings. The molecular formula is C7H8BrN3. The summed E-state index contributed by atoms with van der Waals surface area (Å²) in [4.78, 5) is 8.70. The number of nitrogens with two attached hydrogens (primary N) is 1. The largest absolute Gasteiger partial charge is 0.382 e. The molecule has 0 radical (unpaired) electrons. The summed E-state index contributed by atoms with van der Waals surface area (Å²) in [5, 5.41) is 0. The van der Waals surface area contributed by atoms with E-state index in [4.69, 9.17) is 5.73 Å². The summed E-state index contributed by atoms with van der Waals surface area (Å²) < 4.78 is 0. The minimum Gasteiger partial charge on any atom is -0.382 e. The molecule has 0 spiro atoms. The second kappa shape index (κ2) is 2.44. The van der Waals surface area contributed by atoms with Gasteiger partial charge in [0.25, 0.3) is 0 Å². The van der Waals surface area contributed by atoms with E-state index in [1.807, 2.05) is 0 Å². The molecule has 4 heteroatoms. The van der Waals surface area contributed by atoms with Gasteiger partial charge in [-0.2, -0.15) is 0 Å². The summed E-state index contributed by atoms with van der Waals surface area (Å²) >= 11 is 3.50. The fourth-order valence-electron chi connectivity index (χ4n) is 1.09. The van der Waals surface area contributed by atoms with E-state index >= 15 is 0 Å². The smallest absolute Gasteiger partial charge is 0.145 e. The minimum absolute atomic E-state index is 0.490. The van der Waals surface area contributed by atoms with Gasteiger partial charge in [-0.05, 0) is 6.42 Å². The normalized spacial score (nSPS) is 28.5. The van der Waals surface area contributed by atoms with Gasteiger partial charge in [0, 0.05) is 23.1 Å². The van der Waals surface area contributed by atoms with Crippen LogP contribution in [0.4, 0.5) is 5.82 Å². The topological polar surface area (TPSA) is 51.8 Å². The first-order valence-electron chi connectivity index (χ1n) is 3.49. The molecule has 1 fully saturated rings. The monoisotopic (exact) mass is 213 g/mol. The maximum atomic E-state index is 5.63. The summed E-state index contributed by atoms with van der Waals surface area (Å²) in [5.74, 6) is 1.06. The lowest BCUT2D eigenvalue weighted by molar-refractivity contribution is 1.00. The minimum atomic E-state index is 0.490. The SMILES string of the molecule is Nc1nccnc1C1CC1Br. The van der Waals surface area contributed by atoms with Gasteiger partial charge in [0.15, 0.2) is 0 Å². The molecule has 2 N–H and O–H groups in total. The number of hydrogen-bond donors (Lipinski definition) is 1. The van der Waals surface area contributed by atoms with Gasteiger partial charge in [0.1, 0.15) is 5.82 Å². The van der Waals surface area contributed by atoms with Crippen LogP contribution in [-0.4, -0.2) is 14.8 Å². The number of aromatic nitrogens is 2. The lowest BCUT2D eigenvalue weighted by Gasteiger charge is -1.98. The molecule has 0 bridgehead atoms. The fourth-order valence-corrected chi connectivity index (χ4v) is 1.75. The highest BCUT2D eigenvalue weighted by atomic mass is 79.9. The van der Waals surface area contributed by atoms with Crippen molar-refractivity contribution in [3.63, 3.8) is 0 Å². The van der Waals surface area contributed by atoms with E-state index < -0.39 is 0 Å². The first-order chi connectivity index (χ1) is 5.29. The van der Waals surface area contributed by atoms with Gasteiger partial charge in [-0.1, -0.05) is 15.9 Å². The highest BCUT2D eigenvalue weighted by Crippen LogP contribution is 2.46. The first-order valence-corrected chi connectivity index (χ1v) is 4.41. The van der Waals surface area contributed by atoms with E-state index in [2.05, 4.69) is 25.9 Å². The van der Waals surface area contributed by atoms with Crippen molar-refractivity contribution in [3.05, 3.63) is 18.1 Å². The zero-order valence-corrected chi connectivity index (χ0v) is 7.45. The van der Waals surface area contributed by atoms with Crippen molar-refractivity contribution in [3.8, 4) is 0 Å². The average molecular weight is 214 g/mol. The molecule has 0 saturated heterocycles. The Balaban J connectivity index is 2.31. The van der Waals surface area contributed by atoms with E-state index in [-0.39, 0.29) is 0 Å². The Morgan fingerprint density at radius 3 is 2.64 bits per heavy atom. The van der Waals surface area contributed by atoms with Gasteiger partial charge in [-0.3, -0.25) is 4.98 Å². The molecular weight excluding hydrogens is 206 g/mol. The van der Waals surface area contributed by atoms with Crippen LogP contribution in [0.3, 0.4) is 0 Å². The predicted octanol–water partition coefficient (Wildman–Crippen LogP) is 1.31. The van der Waals surface area contributed by atoms with Crippen molar-refractivity contribution in [1.82, 2.24) is 9.97 Å².